The van der Waals surface area contributed by atoms with E-state index in [1.807, 2.05) is 13.8 Å². The van der Waals surface area contributed by atoms with Crippen molar-refractivity contribution < 1.29 is 19.4 Å². The number of amides is 2. The highest BCUT2D eigenvalue weighted by Crippen LogP contribution is 2.36. The van der Waals surface area contributed by atoms with Crippen LogP contribution in [0.1, 0.15) is 40.7 Å². The third-order valence-corrected chi connectivity index (χ3v) is 4.43. The molecule has 10 heteroatoms. The third kappa shape index (κ3) is 4.05. The van der Waals surface area contributed by atoms with E-state index in [0.717, 1.165) is 3.57 Å². The maximum Gasteiger partial charge on any atom is 0.425 e. The molecule has 8 nitrogen and oxygen atoms in total. The lowest BCUT2D eigenvalue weighted by molar-refractivity contribution is 0.0581. The first-order valence-corrected chi connectivity index (χ1v) is 9.29. The minimum absolute atomic E-state index is 0.0392. The molecule has 0 saturated heterocycles. The van der Waals surface area contributed by atoms with Crippen LogP contribution in [0, 0.1) is 3.57 Å². The van der Waals surface area contributed by atoms with Crippen molar-refractivity contribution in [3.05, 3.63) is 14.4 Å². The molecule has 0 fully saturated rings. The second-order valence-corrected chi connectivity index (χ2v) is 8.49. The van der Waals surface area contributed by atoms with Gasteiger partial charge in [-0.2, -0.15) is 10.00 Å². The Kier molecular flexibility index (Phi) is 5.62. The van der Waals surface area contributed by atoms with E-state index in [0.29, 0.717) is 20.4 Å². The van der Waals surface area contributed by atoms with Gasteiger partial charge in [-0.05, 0) is 73.1 Å². The highest BCUT2D eigenvalue weighted by atomic mass is 127. The fourth-order valence-electron chi connectivity index (χ4n) is 2.18. The normalized spacial score (nSPS) is 11.8. The average molecular weight is 525 g/mol. The quantitative estimate of drug-likeness (QED) is 0.567. The van der Waals surface area contributed by atoms with E-state index in [1.54, 1.807) is 25.5 Å². The van der Waals surface area contributed by atoms with E-state index in [4.69, 9.17) is 4.74 Å². The van der Waals surface area contributed by atoms with Crippen LogP contribution >= 0.6 is 38.5 Å². The average Bonchev–Trinajstić information content (AvgIpc) is 2.78. The zero-order valence-corrected chi connectivity index (χ0v) is 18.1. The lowest BCUT2D eigenvalue weighted by atomic mass is 10.2. The fourth-order valence-corrected chi connectivity index (χ4v) is 3.38. The Morgan fingerprint density at radius 3 is 2.48 bits per heavy atom. The molecule has 0 aliphatic carbocycles. The largest absolute Gasteiger partial charge is 0.464 e. The molecule has 136 valence electrons. The number of fused-ring (bicyclic) bond motifs is 1. The summed E-state index contributed by atoms with van der Waals surface area (Å²) in [4.78, 5) is 28.8. The lowest BCUT2D eigenvalue weighted by Crippen LogP contribution is -2.40. The van der Waals surface area contributed by atoms with Crippen LogP contribution in [-0.2, 0) is 4.74 Å². The molecule has 0 unspecified atom stereocenters. The smallest absolute Gasteiger partial charge is 0.425 e. The van der Waals surface area contributed by atoms with Gasteiger partial charge in [-0.15, -0.1) is 0 Å². The molecule has 1 N–H and O–H groups in total. The summed E-state index contributed by atoms with van der Waals surface area (Å²) < 4.78 is 8.16. The number of hydrogen-bond donors (Lipinski definition) is 1. The van der Waals surface area contributed by atoms with Crippen molar-refractivity contribution in [3.63, 3.8) is 0 Å². The topological polar surface area (TPSA) is 97.6 Å². The van der Waals surface area contributed by atoms with Crippen LogP contribution in [0.5, 0.6) is 0 Å². The Bertz CT molecular complexity index is 844. The van der Waals surface area contributed by atoms with Crippen LogP contribution in [0.25, 0.3) is 10.9 Å². The number of halogens is 2. The molecule has 2 heterocycles. The number of pyridine rings is 1. The number of carbonyl (C=O) groups is 2. The second kappa shape index (κ2) is 7.06. The first-order valence-electron chi connectivity index (χ1n) is 7.42. The summed E-state index contributed by atoms with van der Waals surface area (Å²) in [5.41, 5.74) is -0.144. The summed E-state index contributed by atoms with van der Waals surface area (Å²) in [6.45, 7) is 8.90. The van der Waals surface area contributed by atoms with Gasteiger partial charge in [-0.25, -0.2) is 14.6 Å². The molecule has 2 rings (SSSR count). The van der Waals surface area contributed by atoms with Crippen LogP contribution in [0.2, 0.25) is 0 Å². The number of rotatable bonds is 2. The summed E-state index contributed by atoms with van der Waals surface area (Å²) >= 11 is 5.45. The van der Waals surface area contributed by atoms with Crippen molar-refractivity contribution in [1.82, 2.24) is 14.8 Å². The van der Waals surface area contributed by atoms with Crippen molar-refractivity contribution in [1.29, 1.82) is 0 Å². The van der Waals surface area contributed by atoms with Crippen molar-refractivity contribution in [2.24, 2.45) is 0 Å². The molecule has 0 bridgehead atoms. The van der Waals surface area contributed by atoms with Crippen LogP contribution < -0.4 is 4.90 Å². The predicted molar refractivity (Wildman–Crippen MR) is 105 cm³/mol. The highest BCUT2D eigenvalue weighted by molar-refractivity contribution is 14.1. The molecule has 0 atom stereocenters. The molecule has 2 aromatic heterocycles. The van der Waals surface area contributed by atoms with Gasteiger partial charge in [0.2, 0.25) is 0 Å². The van der Waals surface area contributed by atoms with E-state index >= 15 is 0 Å². The van der Waals surface area contributed by atoms with Gasteiger partial charge in [0.25, 0.3) is 0 Å². The molecule has 2 aromatic rings. The van der Waals surface area contributed by atoms with Crippen molar-refractivity contribution in [2.45, 2.75) is 46.3 Å². The van der Waals surface area contributed by atoms with Crippen molar-refractivity contribution >= 4 is 67.4 Å². The first-order chi connectivity index (χ1) is 11.4. The molecule has 0 aliphatic rings. The monoisotopic (exact) mass is 524 g/mol. The zero-order chi connectivity index (χ0) is 19.1. The Morgan fingerprint density at radius 1 is 1.40 bits per heavy atom. The second-order valence-electron chi connectivity index (χ2n) is 6.58. The highest BCUT2D eigenvalue weighted by Gasteiger charge is 2.33. The van der Waals surface area contributed by atoms with E-state index in [-0.39, 0.29) is 11.9 Å². The molecule has 0 radical (unpaired) electrons. The van der Waals surface area contributed by atoms with Gasteiger partial charge in [0.1, 0.15) is 10.2 Å². The SMILES string of the molecule is CC(C)n1nc(Br)c2c(N(C(=O)O)C(=O)OC(C)(C)C)ncc(I)c21. The number of carbonyl (C=O) groups excluding carboxylic acids is 1. The standard InChI is InChI=1S/C15H18BrIN4O4/c1-7(2)21-10-8(17)6-18-12(9(10)11(16)19-21)20(13(22)23)14(24)25-15(3,4)5/h6-7H,1-5H3,(H,22,23). The summed E-state index contributed by atoms with van der Waals surface area (Å²) in [6, 6.07) is 0.0392. The molecule has 0 saturated carbocycles. The molecular weight excluding hydrogens is 507 g/mol. The molecule has 0 aromatic carbocycles. The number of ether oxygens (including phenoxy) is 1. The summed E-state index contributed by atoms with van der Waals surface area (Å²) in [7, 11) is 0. The van der Waals surface area contributed by atoms with Gasteiger partial charge in [-0.3, -0.25) is 4.68 Å². The van der Waals surface area contributed by atoms with Crippen molar-refractivity contribution in [3.8, 4) is 0 Å². The number of anilines is 1. The van der Waals surface area contributed by atoms with E-state index in [2.05, 4.69) is 48.6 Å². The molecule has 0 aliphatic heterocycles. The van der Waals surface area contributed by atoms with Crippen LogP contribution in [0.15, 0.2) is 10.8 Å². The minimum Gasteiger partial charge on any atom is -0.464 e. The van der Waals surface area contributed by atoms with E-state index < -0.39 is 17.8 Å². The van der Waals surface area contributed by atoms with Crippen LogP contribution in [0.4, 0.5) is 15.4 Å². The summed E-state index contributed by atoms with van der Waals surface area (Å²) in [6.07, 6.45) is -0.987. The molecular formula is C15H18BrIN4O4. The van der Waals surface area contributed by atoms with Gasteiger partial charge in [0.15, 0.2) is 5.82 Å². The molecule has 2 amide bonds. The van der Waals surface area contributed by atoms with Gasteiger partial charge >= 0.3 is 12.2 Å². The number of aromatic nitrogens is 3. The Labute approximate surface area is 166 Å². The van der Waals surface area contributed by atoms with Crippen LogP contribution in [-0.4, -0.2) is 37.7 Å². The van der Waals surface area contributed by atoms with Crippen molar-refractivity contribution in [2.75, 3.05) is 4.90 Å². The Morgan fingerprint density at radius 2 is 2.00 bits per heavy atom. The number of nitrogens with zero attached hydrogens (tertiary/aromatic N) is 4. The van der Waals surface area contributed by atoms with E-state index in [1.165, 1.54) is 6.20 Å². The fraction of sp³-hybridized carbons (Fsp3) is 0.467. The van der Waals surface area contributed by atoms with Crippen LogP contribution in [0.3, 0.4) is 0 Å². The first kappa shape index (κ1) is 19.9. The molecule has 25 heavy (non-hydrogen) atoms. The predicted octanol–water partition coefficient (Wildman–Crippen LogP) is 4.80. The van der Waals surface area contributed by atoms with Gasteiger partial charge in [0, 0.05) is 12.2 Å². The maximum absolute atomic E-state index is 12.4. The van der Waals surface area contributed by atoms with Gasteiger partial charge in [0.05, 0.1) is 14.5 Å². The minimum atomic E-state index is -1.48. The molecule has 0 spiro atoms. The van der Waals surface area contributed by atoms with E-state index in [9.17, 15) is 14.7 Å². The lowest BCUT2D eigenvalue weighted by Gasteiger charge is -2.24. The Balaban J connectivity index is 2.72. The summed E-state index contributed by atoms with van der Waals surface area (Å²) in [5, 5.41) is 14.4. The number of carboxylic acid groups (broad SMARTS) is 1. The number of hydrogen-bond acceptors (Lipinski definition) is 5. The van der Waals surface area contributed by atoms with Gasteiger partial charge in [-0.1, -0.05) is 0 Å². The third-order valence-electron chi connectivity index (χ3n) is 3.09. The summed E-state index contributed by atoms with van der Waals surface area (Å²) in [5.74, 6) is -0.0454. The number of imide groups is 1. The Hall–Kier alpha value is -1.43. The zero-order valence-electron chi connectivity index (χ0n) is 14.4. The van der Waals surface area contributed by atoms with Gasteiger partial charge < -0.3 is 9.84 Å². The maximum atomic E-state index is 12.4.